The molecule has 134 valence electrons. The summed E-state index contributed by atoms with van der Waals surface area (Å²) in [7, 11) is 1.95. The fraction of sp³-hybridized carbons (Fsp3) is 0.579. The van der Waals surface area contributed by atoms with Crippen molar-refractivity contribution in [1.82, 2.24) is 9.88 Å². The fourth-order valence-electron chi connectivity index (χ4n) is 3.82. The normalized spacial score (nSPS) is 21.8. The lowest BCUT2D eigenvalue weighted by atomic mass is 9.96. The van der Waals surface area contributed by atoms with Crippen LogP contribution in [-0.2, 0) is 9.53 Å². The molecular weight excluding hydrogens is 334 g/mol. The second-order valence-electron chi connectivity index (χ2n) is 7.17. The van der Waals surface area contributed by atoms with Gasteiger partial charge >= 0.3 is 0 Å². The van der Waals surface area contributed by atoms with E-state index in [-0.39, 0.29) is 11.8 Å². The van der Waals surface area contributed by atoms with Crippen LogP contribution in [0.4, 0.5) is 5.13 Å². The lowest BCUT2D eigenvalue weighted by Crippen LogP contribution is -2.41. The third kappa shape index (κ3) is 3.65. The molecule has 4 rings (SSSR count). The predicted octanol–water partition coefficient (Wildman–Crippen LogP) is 3.01. The van der Waals surface area contributed by atoms with Gasteiger partial charge in [-0.25, -0.2) is 4.98 Å². The minimum Gasteiger partial charge on any atom is -0.381 e. The van der Waals surface area contributed by atoms with E-state index >= 15 is 0 Å². The monoisotopic (exact) mass is 359 g/mol. The first-order valence-electron chi connectivity index (χ1n) is 9.14. The lowest BCUT2D eigenvalue weighted by Gasteiger charge is -2.34. The van der Waals surface area contributed by atoms with Crippen molar-refractivity contribution in [2.24, 2.45) is 11.8 Å². The number of nitrogens with zero attached hydrogens (tertiary/aromatic N) is 3. The van der Waals surface area contributed by atoms with E-state index in [1.54, 1.807) is 11.3 Å². The summed E-state index contributed by atoms with van der Waals surface area (Å²) in [5.41, 5.74) is 1.09. The molecule has 0 aliphatic carbocycles. The van der Waals surface area contributed by atoms with Crippen LogP contribution in [0.25, 0.3) is 10.2 Å². The molecule has 6 heteroatoms. The van der Waals surface area contributed by atoms with Crippen molar-refractivity contribution < 1.29 is 9.53 Å². The molecular formula is C19H25N3O2S. The molecule has 5 nitrogen and oxygen atoms in total. The van der Waals surface area contributed by atoms with E-state index in [1.807, 2.05) is 18.0 Å². The van der Waals surface area contributed by atoms with Gasteiger partial charge in [-0.3, -0.25) is 4.79 Å². The molecule has 2 aromatic rings. The summed E-state index contributed by atoms with van der Waals surface area (Å²) < 4.78 is 6.60. The van der Waals surface area contributed by atoms with Gasteiger partial charge in [0.05, 0.1) is 22.7 Å². The molecule has 1 unspecified atom stereocenters. The third-order valence-corrected chi connectivity index (χ3v) is 6.45. The first-order chi connectivity index (χ1) is 12.2. The Labute approximate surface area is 152 Å². The maximum Gasteiger partial charge on any atom is 0.227 e. The Morgan fingerprint density at radius 1 is 1.32 bits per heavy atom. The van der Waals surface area contributed by atoms with Crippen molar-refractivity contribution in [3.63, 3.8) is 0 Å². The van der Waals surface area contributed by atoms with E-state index in [4.69, 9.17) is 9.72 Å². The van der Waals surface area contributed by atoms with E-state index in [0.29, 0.717) is 12.5 Å². The van der Waals surface area contributed by atoms with Gasteiger partial charge < -0.3 is 14.5 Å². The smallest absolute Gasteiger partial charge is 0.227 e. The highest BCUT2D eigenvalue weighted by atomic mass is 32.1. The molecule has 25 heavy (non-hydrogen) atoms. The van der Waals surface area contributed by atoms with Crippen LogP contribution in [0.15, 0.2) is 24.3 Å². The third-order valence-electron chi connectivity index (χ3n) is 5.35. The number of carbonyl (C=O) groups excluding carboxylic acids is 1. The molecule has 1 aromatic heterocycles. The average Bonchev–Trinajstić information content (AvgIpc) is 3.31. The van der Waals surface area contributed by atoms with Crippen molar-refractivity contribution in [1.29, 1.82) is 0 Å². The molecule has 1 atom stereocenters. The van der Waals surface area contributed by atoms with Gasteiger partial charge in [0.25, 0.3) is 0 Å². The predicted molar refractivity (Wildman–Crippen MR) is 101 cm³/mol. The number of anilines is 1. The van der Waals surface area contributed by atoms with Gasteiger partial charge in [-0.15, -0.1) is 0 Å². The standard InChI is InChI=1S/C19H25N3O2S/c1-21(18(23)15-8-11-24-13-15)12-14-6-9-22(10-7-14)19-20-16-4-2-3-5-17(16)25-19/h2-5,14-15H,6-13H2,1H3. The van der Waals surface area contributed by atoms with Gasteiger partial charge in [0.15, 0.2) is 5.13 Å². The van der Waals surface area contributed by atoms with Crippen molar-refractivity contribution in [3.8, 4) is 0 Å². The highest BCUT2D eigenvalue weighted by Crippen LogP contribution is 2.31. The minimum atomic E-state index is 0.0767. The lowest BCUT2D eigenvalue weighted by molar-refractivity contribution is -0.134. The molecule has 2 fully saturated rings. The van der Waals surface area contributed by atoms with Gasteiger partial charge in [0, 0.05) is 33.3 Å². The topological polar surface area (TPSA) is 45.7 Å². The summed E-state index contributed by atoms with van der Waals surface area (Å²) in [5.74, 6) is 0.917. The number of rotatable bonds is 4. The van der Waals surface area contributed by atoms with Gasteiger partial charge in [-0.05, 0) is 37.3 Å². The van der Waals surface area contributed by atoms with Crippen LogP contribution in [0.1, 0.15) is 19.3 Å². The number of amides is 1. The number of aromatic nitrogens is 1. The second-order valence-corrected chi connectivity index (χ2v) is 8.18. The summed E-state index contributed by atoms with van der Waals surface area (Å²) in [6.45, 7) is 4.24. The van der Waals surface area contributed by atoms with Crippen LogP contribution in [0.5, 0.6) is 0 Å². The molecule has 2 saturated heterocycles. The van der Waals surface area contributed by atoms with Crippen molar-refractivity contribution in [3.05, 3.63) is 24.3 Å². The largest absolute Gasteiger partial charge is 0.381 e. The first-order valence-corrected chi connectivity index (χ1v) is 9.95. The Morgan fingerprint density at radius 3 is 2.84 bits per heavy atom. The Kier molecular flexibility index (Phi) is 4.90. The summed E-state index contributed by atoms with van der Waals surface area (Å²) in [6.07, 6.45) is 3.11. The number of ether oxygens (including phenoxy) is 1. The molecule has 0 bridgehead atoms. The SMILES string of the molecule is CN(CC1CCN(c2nc3ccccc3s2)CC1)C(=O)C1CCOC1. The second kappa shape index (κ2) is 7.30. The number of para-hydroxylation sites is 1. The van der Waals surface area contributed by atoms with Crippen molar-refractivity contribution in [2.75, 3.05) is 44.8 Å². The number of thiazole rings is 1. The van der Waals surface area contributed by atoms with Gasteiger partial charge in [-0.2, -0.15) is 0 Å². The molecule has 0 spiro atoms. The van der Waals surface area contributed by atoms with E-state index in [2.05, 4.69) is 23.1 Å². The quantitative estimate of drug-likeness (QED) is 0.842. The van der Waals surface area contributed by atoms with Gasteiger partial charge in [-0.1, -0.05) is 23.5 Å². The maximum absolute atomic E-state index is 12.4. The van der Waals surface area contributed by atoms with E-state index in [0.717, 1.165) is 56.2 Å². The Hall–Kier alpha value is -1.66. The Bertz CT molecular complexity index is 700. The van der Waals surface area contributed by atoms with Crippen molar-refractivity contribution >= 4 is 32.6 Å². The van der Waals surface area contributed by atoms with Crippen LogP contribution in [-0.4, -0.2) is 55.7 Å². The van der Waals surface area contributed by atoms with Crippen LogP contribution in [0.2, 0.25) is 0 Å². The molecule has 1 aromatic carbocycles. The molecule has 3 heterocycles. The van der Waals surface area contributed by atoms with E-state index in [9.17, 15) is 4.79 Å². The number of fused-ring (bicyclic) bond motifs is 1. The van der Waals surface area contributed by atoms with Gasteiger partial charge in [0.2, 0.25) is 5.91 Å². The summed E-state index contributed by atoms with van der Waals surface area (Å²) in [5, 5.41) is 1.13. The zero-order valence-corrected chi connectivity index (χ0v) is 15.5. The van der Waals surface area contributed by atoms with Crippen LogP contribution >= 0.6 is 11.3 Å². The molecule has 0 radical (unpaired) electrons. The fourth-order valence-corrected chi connectivity index (χ4v) is 4.84. The van der Waals surface area contributed by atoms with Gasteiger partial charge in [0.1, 0.15) is 0 Å². The van der Waals surface area contributed by atoms with Crippen molar-refractivity contribution in [2.45, 2.75) is 19.3 Å². The van der Waals surface area contributed by atoms with E-state index in [1.165, 1.54) is 4.70 Å². The highest BCUT2D eigenvalue weighted by molar-refractivity contribution is 7.22. The van der Waals surface area contributed by atoms with E-state index < -0.39 is 0 Å². The number of piperidine rings is 1. The van der Waals surface area contributed by atoms with Crippen LogP contribution in [0.3, 0.4) is 0 Å². The zero-order valence-electron chi connectivity index (χ0n) is 14.7. The summed E-state index contributed by atoms with van der Waals surface area (Å²) in [4.78, 5) is 21.5. The minimum absolute atomic E-state index is 0.0767. The summed E-state index contributed by atoms with van der Waals surface area (Å²) in [6, 6.07) is 8.32. The highest BCUT2D eigenvalue weighted by Gasteiger charge is 2.29. The Morgan fingerprint density at radius 2 is 2.12 bits per heavy atom. The average molecular weight is 359 g/mol. The summed E-state index contributed by atoms with van der Waals surface area (Å²) >= 11 is 1.78. The number of carbonyl (C=O) groups is 1. The molecule has 2 aliphatic rings. The van der Waals surface area contributed by atoms with Crippen LogP contribution < -0.4 is 4.90 Å². The number of hydrogen-bond donors (Lipinski definition) is 0. The zero-order chi connectivity index (χ0) is 17.2. The van der Waals surface area contributed by atoms with Crippen LogP contribution in [0, 0.1) is 11.8 Å². The Balaban J connectivity index is 1.31. The number of benzene rings is 1. The first kappa shape index (κ1) is 16.8. The number of hydrogen-bond acceptors (Lipinski definition) is 5. The molecule has 2 aliphatic heterocycles. The maximum atomic E-state index is 12.4. The molecule has 1 amide bonds. The molecule has 0 N–H and O–H groups in total. The molecule has 0 saturated carbocycles.